The van der Waals surface area contributed by atoms with Crippen molar-refractivity contribution < 1.29 is 13.2 Å². The third kappa shape index (κ3) is 3.44. The maximum Gasteiger partial charge on any atom is 0.252 e. The molecule has 1 amide bonds. The largest absolute Gasteiger partial charge is 0.348 e. The van der Waals surface area contributed by atoms with E-state index in [0.717, 1.165) is 12.8 Å². The van der Waals surface area contributed by atoms with Crippen LogP contribution in [0.25, 0.3) is 0 Å². The third-order valence-corrected chi connectivity index (χ3v) is 6.03. The summed E-state index contributed by atoms with van der Waals surface area (Å²) in [6, 6.07) is 6.26. The average Bonchev–Trinajstić information content (AvgIpc) is 3.28. The van der Waals surface area contributed by atoms with Crippen LogP contribution < -0.4 is 11.1 Å². The zero-order valence-corrected chi connectivity index (χ0v) is 13.2. The van der Waals surface area contributed by atoms with Gasteiger partial charge in [-0.05, 0) is 44.7 Å². The number of amides is 1. The van der Waals surface area contributed by atoms with E-state index in [1.54, 1.807) is 32.0 Å². The van der Waals surface area contributed by atoms with Gasteiger partial charge in [-0.25, -0.2) is 8.42 Å². The van der Waals surface area contributed by atoms with E-state index in [1.165, 1.54) is 6.07 Å². The fraction of sp³-hybridized carbons (Fsp3) is 0.533. The van der Waals surface area contributed by atoms with Crippen molar-refractivity contribution >= 4 is 15.7 Å². The summed E-state index contributed by atoms with van der Waals surface area (Å²) >= 11 is 0. The first-order valence-electron chi connectivity index (χ1n) is 7.21. The molecule has 1 saturated carbocycles. The summed E-state index contributed by atoms with van der Waals surface area (Å²) in [6.45, 7) is 3.59. The molecule has 21 heavy (non-hydrogen) atoms. The van der Waals surface area contributed by atoms with Crippen molar-refractivity contribution in [3.8, 4) is 0 Å². The molecular formula is C15H22N2O3S. The highest BCUT2D eigenvalue weighted by atomic mass is 32.2. The molecule has 2 rings (SSSR count). The zero-order chi connectivity index (χ0) is 15.6. The Morgan fingerprint density at radius 1 is 1.33 bits per heavy atom. The lowest BCUT2D eigenvalue weighted by molar-refractivity contribution is 0.0930. The Morgan fingerprint density at radius 2 is 1.95 bits per heavy atom. The molecule has 1 aliphatic rings. The fourth-order valence-electron chi connectivity index (χ4n) is 2.27. The highest BCUT2D eigenvalue weighted by Gasteiger charge is 2.32. The quantitative estimate of drug-likeness (QED) is 0.829. The predicted octanol–water partition coefficient (Wildman–Crippen LogP) is 1.34. The minimum Gasteiger partial charge on any atom is -0.348 e. The fourth-order valence-corrected chi connectivity index (χ4v) is 3.51. The molecule has 116 valence electrons. The van der Waals surface area contributed by atoms with Gasteiger partial charge in [0.25, 0.3) is 5.91 Å². The van der Waals surface area contributed by atoms with Gasteiger partial charge < -0.3 is 11.1 Å². The van der Waals surface area contributed by atoms with Gasteiger partial charge in [-0.2, -0.15) is 0 Å². The van der Waals surface area contributed by atoms with Crippen LogP contribution in [-0.4, -0.2) is 32.2 Å². The Bertz CT molecular complexity index is 622. The summed E-state index contributed by atoms with van der Waals surface area (Å²) in [6.07, 6.45) is 2.13. The minimum atomic E-state index is -3.49. The Balaban J connectivity index is 2.29. The summed E-state index contributed by atoms with van der Waals surface area (Å²) < 4.78 is 24.7. The average molecular weight is 310 g/mol. The molecule has 5 nitrogen and oxygen atoms in total. The standard InChI is InChI=1S/C15H22N2O3S/c1-10(2)21(19,20)14-6-4-3-5-12(14)15(18)17-13(9-16)11-7-8-11/h3-6,10-11,13H,7-9,16H2,1-2H3,(H,17,18). The van der Waals surface area contributed by atoms with E-state index >= 15 is 0 Å². The summed E-state index contributed by atoms with van der Waals surface area (Å²) in [5.74, 6) is 0.0602. The molecule has 1 fully saturated rings. The van der Waals surface area contributed by atoms with Gasteiger partial charge in [-0.1, -0.05) is 12.1 Å². The highest BCUT2D eigenvalue weighted by molar-refractivity contribution is 7.92. The lowest BCUT2D eigenvalue weighted by Gasteiger charge is -2.18. The molecule has 0 aromatic heterocycles. The lowest BCUT2D eigenvalue weighted by atomic mass is 10.1. The van der Waals surface area contributed by atoms with Crippen LogP contribution in [0.3, 0.4) is 0 Å². The van der Waals surface area contributed by atoms with Crippen molar-refractivity contribution in [2.45, 2.75) is 42.9 Å². The van der Waals surface area contributed by atoms with Crippen molar-refractivity contribution in [1.29, 1.82) is 0 Å². The van der Waals surface area contributed by atoms with Gasteiger partial charge in [-0.15, -0.1) is 0 Å². The second-order valence-electron chi connectivity index (χ2n) is 5.74. The summed E-state index contributed by atoms with van der Waals surface area (Å²) in [5.41, 5.74) is 5.88. The van der Waals surface area contributed by atoms with Crippen molar-refractivity contribution in [1.82, 2.24) is 5.32 Å². The van der Waals surface area contributed by atoms with Crippen LogP contribution in [0.15, 0.2) is 29.2 Å². The number of rotatable bonds is 6. The number of carbonyl (C=O) groups is 1. The smallest absolute Gasteiger partial charge is 0.252 e. The SMILES string of the molecule is CC(C)S(=O)(=O)c1ccccc1C(=O)NC(CN)C1CC1. The van der Waals surface area contributed by atoms with Gasteiger partial charge >= 0.3 is 0 Å². The number of benzene rings is 1. The van der Waals surface area contributed by atoms with Crippen LogP contribution >= 0.6 is 0 Å². The molecule has 0 radical (unpaired) electrons. The highest BCUT2D eigenvalue weighted by Crippen LogP contribution is 2.32. The monoisotopic (exact) mass is 310 g/mol. The number of hydrogen-bond donors (Lipinski definition) is 2. The number of carbonyl (C=O) groups excluding carboxylic acids is 1. The molecular weight excluding hydrogens is 288 g/mol. The first-order valence-corrected chi connectivity index (χ1v) is 8.76. The Kier molecular flexibility index (Phi) is 4.68. The Labute approximate surface area is 125 Å². The lowest BCUT2D eigenvalue weighted by Crippen LogP contribution is -2.42. The molecule has 0 spiro atoms. The molecule has 1 aliphatic carbocycles. The second kappa shape index (κ2) is 6.15. The van der Waals surface area contributed by atoms with Crippen LogP contribution in [0.2, 0.25) is 0 Å². The van der Waals surface area contributed by atoms with E-state index < -0.39 is 15.1 Å². The molecule has 1 unspecified atom stereocenters. The molecule has 6 heteroatoms. The van der Waals surface area contributed by atoms with Crippen molar-refractivity contribution in [3.63, 3.8) is 0 Å². The van der Waals surface area contributed by atoms with Crippen LogP contribution in [0.5, 0.6) is 0 Å². The van der Waals surface area contributed by atoms with Gasteiger partial charge in [0.05, 0.1) is 15.7 Å². The Morgan fingerprint density at radius 3 is 2.48 bits per heavy atom. The van der Waals surface area contributed by atoms with E-state index in [1.807, 2.05) is 0 Å². The van der Waals surface area contributed by atoms with Crippen LogP contribution in [0, 0.1) is 5.92 Å². The van der Waals surface area contributed by atoms with E-state index in [2.05, 4.69) is 5.32 Å². The number of nitrogens with one attached hydrogen (secondary N) is 1. The van der Waals surface area contributed by atoms with Gasteiger partial charge in [0, 0.05) is 12.6 Å². The van der Waals surface area contributed by atoms with Crippen molar-refractivity contribution in [2.24, 2.45) is 11.7 Å². The number of sulfone groups is 1. The first-order chi connectivity index (χ1) is 9.87. The van der Waals surface area contributed by atoms with Gasteiger partial charge in [0.1, 0.15) is 0 Å². The van der Waals surface area contributed by atoms with Gasteiger partial charge in [-0.3, -0.25) is 4.79 Å². The Hall–Kier alpha value is -1.40. The molecule has 1 aromatic carbocycles. The molecule has 0 saturated heterocycles. The molecule has 1 atom stereocenters. The number of nitrogens with two attached hydrogens (primary N) is 1. The predicted molar refractivity (Wildman–Crippen MR) is 81.8 cm³/mol. The van der Waals surface area contributed by atoms with Crippen LogP contribution in [0.4, 0.5) is 0 Å². The minimum absolute atomic E-state index is 0.0766. The van der Waals surface area contributed by atoms with Crippen LogP contribution in [0.1, 0.15) is 37.0 Å². The third-order valence-electron chi connectivity index (χ3n) is 3.82. The second-order valence-corrected chi connectivity index (χ2v) is 8.22. The molecule has 0 heterocycles. The summed E-state index contributed by atoms with van der Waals surface area (Å²) in [4.78, 5) is 12.5. The van der Waals surface area contributed by atoms with Crippen LogP contribution in [-0.2, 0) is 9.84 Å². The molecule has 0 bridgehead atoms. The summed E-state index contributed by atoms with van der Waals surface area (Å²) in [7, 11) is -3.49. The maximum atomic E-state index is 12.4. The first kappa shape index (κ1) is 16.0. The number of hydrogen-bond acceptors (Lipinski definition) is 4. The molecule has 1 aromatic rings. The van der Waals surface area contributed by atoms with Crippen molar-refractivity contribution in [3.05, 3.63) is 29.8 Å². The van der Waals surface area contributed by atoms with E-state index in [-0.39, 0.29) is 22.4 Å². The van der Waals surface area contributed by atoms with Crippen molar-refractivity contribution in [2.75, 3.05) is 6.54 Å². The topological polar surface area (TPSA) is 89.3 Å². The normalized spacial score (nSPS) is 16.8. The molecule has 3 N–H and O–H groups in total. The summed E-state index contributed by atoms with van der Waals surface area (Å²) in [5, 5.41) is 2.30. The van der Waals surface area contributed by atoms with Gasteiger partial charge in [0.2, 0.25) is 0 Å². The van der Waals surface area contributed by atoms with E-state index in [0.29, 0.717) is 12.5 Å². The molecule has 0 aliphatic heterocycles. The maximum absolute atomic E-state index is 12.4. The van der Waals surface area contributed by atoms with E-state index in [4.69, 9.17) is 5.73 Å². The zero-order valence-electron chi connectivity index (χ0n) is 12.4. The van der Waals surface area contributed by atoms with E-state index in [9.17, 15) is 13.2 Å². The van der Waals surface area contributed by atoms with Gasteiger partial charge in [0.15, 0.2) is 9.84 Å².